The third kappa shape index (κ3) is 3.23. The van der Waals surface area contributed by atoms with E-state index >= 15 is 0 Å². The lowest BCUT2D eigenvalue weighted by Gasteiger charge is -2.39. The van der Waals surface area contributed by atoms with Crippen LogP contribution < -0.4 is 5.73 Å². The van der Waals surface area contributed by atoms with E-state index in [1.807, 2.05) is 19.1 Å². The number of ether oxygens (including phenoxy) is 1. The average molecular weight is 291 g/mol. The smallest absolute Gasteiger partial charge is 0.0933 e. The van der Waals surface area contributed by atoms with Crippen LogP contribution in [0.1, 0.15) is 17.8 Å². The van der Waals surface area contributed by atoms with Crippen molar-refractivity contribution in [3.63, 3.8) is 0 Å². The first kappa shape index (κ1) is 14.2. The zero-order valence-corrected chi connectivity index (χ0v) is 12.0. The highest BCUT2D eigenvalue weighted by atomic mass is 35.5. The Labute approximate surface area is 116 Å². The molecule has 1 aromatic rings. The van der Waals surface area contributed by atoms with Gasteiger partial charge >= 0.3 is 0 Å². The van der Waals surface area contributed by atoms with Gasteiger partial charge in [0.1, 0.15) is 0 Å². The van der Waals surface area contributed by atoms with Crippen molar-refractivity contribution < 1.29 is 9.84 Å². The zero-order chi connectivity index (χ0) is 13.1. The van der Waals surface area contributed by atoms with Crippen molar-refractivity contribution >= 4 is 22.9 Å². The van der Waals surface area contributed by atoms with Crippen molar-refractivity contribution in [1.82, 2.24) is 4.90 Å². The van der Waals surface area contributed by atoms with Crippen molar-refractivity contribution in [3.8, 4) is 0 Å². The molecule has 0 aliphatic carbocycles. The van der Waals surface area contributed by atoms with E-state index in [1.54, 1.807) is 11.3 Å². The summed E-state index contributed by atoms with van der Waals surface area (Å²) in [4.78, 5) is 3.45. The van der Waals surface area contributed by atoms with Gasteiger partial charge in [-0.2, -0.15) is 0 Å². The van der Waals surface area contributed by atoms with E-state index in [1.165, 1.54) is 4.88 Å². The molecule has 1 aliphatic heterocycles. The van der Waals surface area contributed by atoms with Crippen LogP contribution in [0, 0.1) is 0 Å². The Hall–Kier alpha value is -0.170. The first-order chi connectivity index (χ1) is 8.61. The minimum atomic E-state index is -0.115. The van der Waals surface area contributed by atoms with Crippen LogP contribution in [0.4, 0.5) is 0 Å². The number of thiophene rings is 1. The number of rotatable bonds is 4. The van der Waals surface area contributed by atoms with E-state index in [2.05, 4.69) is 4.90 Å². The summed E-state index contributed by atoms with van der Waals surface area (Å²) in [7, 11) is 0. The summed E-state index contributed by atoms with van der Waals surface area (Å²) >= 11 is 7.57. The van der Waals surface area contributed by atoms with Crippen LogP contribution in [0.25, 0.3) is 0 Å². The summed E-state index contributed by atoms with van der Waals surface area (Å²) in [6, 6.07) is 4.09. The molecule has 3 unspecified atom stereocenters. The number of nitrogens with two attached hydrogens (primary N) is 1. The largest absolute Gasteiger partial charge is 0.394 e. The molecule has 1 saturated heterocycles. The van der Waals surface area contributed by atoms with Gasteiger partial charge in [-0.05, 0) is 19.1 Å². The van der Waals surface area contributed by atoms with Gasteiger partial charge in [-0.15, -0.1) is 11.3 Å². The molecule has 2 rings (SSSR count). The van der Waals surface area contributed by atoms with Crippen LogP contribution in [-0.4, -0.2) is 48.5 Å². The second-order valence-corrected chi connectivity index (χ2v) is 6.36. The number of hydrogen-bond acceptors (Lipinski definition) is 5. The molecule has 102 valence electrons. The molecule has 3 N–H and O–H groups in total. The number of hydrogen-bond donors (Lipinski definition) is 2. The third-order valence-electron chi connectivity index (χ3n) is 3.15. The lowest BCUT2D eigenvalue weighted by molar-refractivity contribution is -0.0671. The average Bonchev–Trinajstić information content (AvgIpc) is 2.75. The van der Waals surface area contributed by atoms with Gasteiger partial charge in [-0.1, -0.05) is 11.6 Å². The highest BCUT2D eigenvalue weighted by Crippen LogP contribution is 2.33. The standard InChI is InChI=1S/C12H19ClN2O2S/c1-8(14)12(10-2-3-11(13)18-10)15-4-5-17-9(6-15)7-16/h2-3,8-9,12,16H,4-7,14H2,1H3. The minimum Gasteiger partial charge on any atom is -0.394 e. The van der Waals surface area contributed by atoms with Gasteiger partial charge in [0, 0.05) is 24.0 Å². The van der Waals surface area contributed by atoms with Gasteiger partial charge in [0.15, 0.2) is 0 Å². The van der Waals surface area contributed by atoms with E-state index in [-0.39, 0.29) is 24.8 Å². The van der Waals surface area contributed by atoms with Crippen LogP contribution in [0.2, 0.25) is 4.34 Å². The molecule has 1 aliphatic rings. The van der Waals surface area contributed by atoms with Crippen molar-refractivity contribution in [1.29, 1.82) is 0 Å². The topological polar surface area (TPSA) is 58.7 Å². The number of aliphatic hydroxyl groups excluding tert-OH is 1. The molecule has 3 atom stereocenters. The SMILES string of the molecule is CC(N)C(c1ccc(Cl)s1)N1CCOC(CO)C1. The summed E-state index contributed by atoms with van der Waals surface area (Å²) in [5.41, 5.74) is 6.11. The van der Waals surface area contributed by atoms with Crippen molar-refractivity contribution in [3.05, 3.63) is 21.3 Å². The molecule has 0 aromatic carbocycles. The molecular formula is C12H19ClN2O2S. The maximum Gasteiger partial charge on any atom is 0.0933 e. The molecule has 4 nitrogen and oxygen atoms in total. The van der Waals surface area contributed by atoms with E-state index in [4.69, 9.17) is 22.1 Å². The van der Waals surface area contributed by atoms with Crippen LogP contribution in [0.5, 0.6) is 0 Å². The summed E-state index contributed by atoms with van der Waals surface area (Å²) in [5.74, 6) is 0. The fourth-order valence-corrected chi connectivity index (χ4v) is 3.68. The van der Waals surface area contributed by atoms with Gasteiger partial charge in [0.25, 0.3) is 0 Å². The summed E-state index contributed by atoms with van der Waals surface area (Å²) < 4.78 is 6.25. The lowest BCUT2D eigenvalue weighted by Crippen LogP contribution is -2.49. The first-order valence-electron chi connectivity index (χ1n) is 6.09. The van der Waals surface area contributed by atoms with E-state index in [9.17, 15) is 5.11 Å². The molecule has 1 fully saturated rings. The van der Waals surface area contributed by atoms with Crippen LogP contribution in [-0.2, 0) is 4.74 Å². The Balaban J connectivity index is 2.14. The molecule has 2 heterocycles. The summed E-state index contributed by atoms with van der Waals surface area (Å²) in [6.07, 6.45) is -0.115. The van der Waals surface area contributed by atoms with Gasteiger partial charge in [-0.25, -0.2) is 0 Å². The Morgan fingerprint density at radius 2 is 2.44 bits per heavy atom. The first-order valence-corrected chi connectivity index (χ1v) is 7.28. The predicted octanol–water partition coefficient (Wildman–Crippen LogP) is 1.48. The second kappa shape index (κ2) is 6.32. The number of morpholine rings is 1. The fraction of sp³-hybridized carbons (Fsp3) is 0.667. The molecular weight excluding hydrogens is 272 g/mol. The third-order valence-corrected chi connectivity index (χ3v) is 4.45. The number of halogens is 1. The fourth-order valence-electron chi connectivity index (χ4n) is 2.36. The Morgan fingerprint density at radius 3 is 3.00 bits per heavy atom. The quantitative estimate of drug-likeness (QED) is 0.882. The van der Waals surface area contributed by atoms with Crippen molar-refractivity contribution in [2.24, 2.45) is 5.73 Å². The van der Waals surface area contributed by atoms with Gasteiger partial charge in [0.2, 0.25) is 0 Å². The van der Waals surface area contributed by atoms with Gasteiger partial charge in [-0.3, -0.25) is 4.90 Å². The molecule has 1 aromatic heterocycles. The Kier molecular flexibility index (Phi) is 5.00. The monoisotopic (exact) mass is 290 g/mol. The predicted molar refractivity (Wildman–Crippen MR) is 74.1 cm³/mol. The van der Waals surface area contributed by atoms with Crippen molar-refractivity contribution in [2.75, 3.05) is 26.3 Å². The highest BCUT2D eigenvalue weighted by molar-refractivity contribution is 7.16. The van der Waals surface area contributed by atoms with Gasteiger partial charge < -0.3 is 15.6 Å². The number of nitrogens with zero attached hydrogens (tertiary/aromatic N) is 1. The maximum absolute atomic E-state index is 9.20. The van der Waals surface area contributed by atoms with E-state index in [0.717, 1.165) is 10.9 Å². The lowest BCUT2D eigenvalue weighted by atomic mass is 10.1. The molecule has 0 spiro atoms. The van der Waals surface area contributed by atoms with E-state index < -0.39 is 0 Å². The molecule has 0 saturated carbocycles. The van der Waals surface area contributed by atoms with Crippen LogP contribution in [0.15, 0.2) is 12.1 Å². The maximum atomic E-state index is 9.20. The van der Waals surface area contributed by atoms with E-state index in [0.29, 0.717) is 13.2 Å². The molecule has 18 heavy (non-hydrogen) atoms. The Morgan fingerprint density at radius 1 is 1.67 bits per heavy atom. The van der Waals surface area contributed by atoms with Gasteiger partial charge in [0.05, 0.1) is 29.7 Å². The Bertz CT molecular complexity index is 386. The molecule has 0 bridgehead atoms. The van der Waals surface area contributed by atoms with Crippen molar-refractivity contribution in [2.45, 2.75) is 25.1 Å². The summed E-state index contributed by atoms with van der Waals surface area (Å²) in [6.45, 7) is 4.22. The van der Waals surface area contributed by atoms with Crippen LogP contribution in [0.3, 0.4) is 0 Å². The summed E-state index contributed by atoms with van der Waals surface area (Å²) in [5, 5.41) is 9.20. The second-order valence-electron chi connectivity index (χ2n) is 4.62. The van der Waals surface area contributed by atoms with Crippen LogP contribution >= 0.6 is 22.9 Å². The molecule has 0 radical (unpaired) electrons. The molecule has 0 amide bonds. The normalized spacial score (nSPS) is 25.0. The minimum absolute atomic E-state index is 0.0113. The number of aliphatic hydroxyl groups is 1. The molecule has 6 heteroatoms. The highest BCUT2D eigenvalue weighted by Gasteiger charge is 2.30. The zero-order valence-electron chi connectivity index (χ0n) is 10.4.